The van der Waals surface area contributed by atoms with Gasteiger partial charge in [0.05, 0.1) is 12.1 Å². The standard InChI is InChI=1S/C17H15ClN2O2S/c18-14-5-1-12(2-6-14)11-23-17-19-9-10-20(17)15-7-3-13(4-8-15)16(21)22/h1-8H,9-11H2,(H,21,22). The van der Waals surface area contributed by atoms with Crippen molar-refractivity contribution < 1.29 is 9.90 Å². The van der Waals surface area contributed by atoms with Crippen molar-refractivity contribution in [2.45, 2.75) is 5.75 Å². The SMILES string of the molecule is O=C(O)c1ccc(N2CCN=C2SCc2ccc(Cl)cc2)cc1. The number of halogens is 1. The molecule has 0 fully saturated rings. The van der Waals surface area contributed by atoms with Crippen molar-refractivity contribution in [1.82, 2.24) is 0 Å². The van der Waals surface area contributed by atoms with Gasteiger partial charge in [0.1, 0.15) is 0 Å². The van der Waals surface area contributed by atoms with Gasteiger partial charge in [-0.2, -0.15) is 0 Å². The van der Waals surface area contributed by atoms with Gasteiger partial charge >= 0.3 is 5.97 Å². The molecule has 2 aromatic carbocycles. The number of thioether (sulfide) groups is 1. The summed E-state index contributed by atoms with van der Waals surface area (Å²) in [4.78, 5) is 17.6. The van der Waals surface area contributed by atoms with E-state index in [0.717, 1.165) is 34.7 Å². The molecule has 0 spiro atoms. The first-order valence-corrected chi connectivity index (χ1v) is 8.52. The van der Waals surface area contributed by atoms with Crippen LogP contribution in [0, 0.1) is 0 Å². The number of carbonyl (C=O) groups is 1. The van der Waals surface area contributed by atoms with Crippen LogP contribution in [0.5, 0.6) is 0 Å². The minimum absolute atomic E-state index is 0.292. The van der Waals surface area contributed by atoms with Crippen molar-refractivity contribution in [3.05, 3.63) is 64.7 Å². The third-order valence-electron chi connectivity index (χ3n) is 3.51. The minimum atomic E-state index is -0.913. The van der Waals surface area contributed by atoms with E-state index in [1.54, 1.807) is 23.9 Å². The van der Waals surface area contributed by atoms with Crippen molar-refractivity contribution in [3.8, 4) is 0 Å². The summed E-state index contributed by atoms with van der Waals surface area (Å²) in [5.74, 6) is -0.0938. The second-order valence-electron chi connectivity index (χ2n) is 5.08. The molecule has 1 N–H and O–H groups in total. The van der Waals surface area contributed by atoms with E-state index in [1.165, 1.54) is 5.56 Å². The zero-order valence-electron chi connectivity index (χ0n) is 12.3. The molecule has 4 nitrogen and oxygen atoms in total. The maximum atomic E-state index is 10.9. The number of anilines is 1. The first kappa shape index (κ1) is 15.9. The van der Waals surface area contributed by atoms with E-state index in [0.29, 0.717) is 5.56 Å². The van der Waals surface area contributed by atoms with Crippen molar-refractivity contribution in [2.75, 3.05) is 18.0 Å². The van der Waals surface area contributed by atoms with Crippen LogP contribution in [0.15, 0.2) is 53.5 Å². The summed E-state index contributed by atoms with van der Waals surface area (Å²) < 4.78 is 0. The average molecular weight is 347 g/mol. The van der Waals surface area contributed by atoms with E-state index >= 15 is 0 Å². The van der Waals surface area contributed by atoms with Crippen LogP contribution < -0.4 is 4.90 Å². The summed E-state index contributed by atoms with van der Waals surface area (Å²) in [5, 5.41) is 10.7. The Bertz CT molecular complexity index is 729. The number of hydrogen-bond acceptors (Lipinski definition) is 4. The maximum Gasteiger partial charge on any atom is 0.335 e. The largest absolute Gasteiger partial charge is 0.478 e. The zero-order valence-corrected chi connectivity index (χ0v) is 13.8. The number of carboxylic acid groups (broad SMARTS) is 1. The number of benzene rings is 2. The van der Waals surface area contributed by atoms with Gasteiger partial charge in [0.15, 0.2) is 5.17 Å². The Balaban J connectivity index is 1.67. The number of carboxylic acids is 1. The summed E-state index contributed by atoms with van der Waals surface area (Å²) in [5.41, 5.74) is 2.45. The summed E-state index contributed by atoms with van der Waals surface area (Å²) in [6.07, 6.45) is 0. The summed E-state index contributed by atoms with van der Waals surface area (Å²) >= 11 is 7.57. The molecule has 0 radical (unpaired) electrons. The fourth-order valence-corrected chi connectivity index (χ4v) is 3.45. The summed E-state index contributed by atoms with van der Waals surface area (Å²) in [6, 6.07) is 14.7. The molecule has 0 unspecified atom stereocenters. The fourth-order valence-electron chi connectivity index (χ4n) is 2.30. The second kappa shape index (κ2) is 7.06. The van der Waals surface area contributed by atoms with E-state index in [-0.39, 0.29) is 0 Å². The van der Waals surface area contributed by atoms with Crippen LogP contribution in [0.2, 0.25) is 5.02 Å². The number of hydrogen-bond donors (Lipinski definition) is 1. The molecule has 3 rings (SSSR count). The Kier molecular flexibility index (Phi) is 4.88. The smallest absolute Gasteiger partial charge is 0.335 e. The van der Waals surface area contributed by atoms with Gasteiger partial charge in [-0.15, -0.1) is 0 Å². The molecule has 6 heteroatoms. The summed E-state index contributed by atoms with van der Waals surface area (Å²) in [7, 11) is 0. The van der Waals surface area contributed by atoms with Crippen LogP contribution in [0.3, 0.4) is 0 Å². The highest BCUT2D eigenvalue weighted by atomic mass is 35.5. The quantitative estimate of drug-likeness (QED) is 0.903. The predicted octanol–water partition coefficient (Wildman–Crippen LogP) is 4.15. The van der Waals surface area contributed by atoms with Crippen LogP contribution in [0.4, 0.5) is 5.69 Å². The van der Waals surface area contributed by atoms with Crippen molar-refractivity contribution in [1.29, 1.82) is 0 Å². The van der Waals surface area contributed by atoms with Gasteiger partial charge in [0, 0.05) is 23.0 Å². The third-order valence-corrected chi connectivity index (χ3v) is 4.85. The van der Waals surface area contributed by atoms with Gasteiger partial charge < -0.3 is 10.0 Å². The molecule has 0 aromatic heterocycles. The Hall–Kier alpha value is -1.98. The molecule has 0 atom stereocenters. The van der Waals surface area contributed by atoms with Gasteiger partial charge in [0.2, 0.25) is 0 Å². The van der Waals surface area contributed by atoms with E-state index in [1.807, 2.05) is 36.4 Å². The van der Waals surface area contributed by atoms with Crippen LogP contribution in [0.1, 0.15) is 15.9 Å². The summed E-state index contributed by atoms with van der Waals surface area (Å²) in [6.45, 7) is 1.57. The van der Waals surface area contributed by atoms with Crippen molar-refractivity contribution in [2.24, 2.45) is 4.99 Å². The highest BCUT2D eigenvalue weighted by molar-refractivity contribution is 8.13. The van der Waals surface area contributed by atoms with Crippen LogP contribution in [-0.2, 0) is 5.75 Å². The molecule has 23 heavy (non-hydrogen) atoms. The molecule has 0 saturated heterocycles. The Morgan fingerprint density at radius 1 is 1.17 bits per heavy atom. The molecule has 1 aliphatic heterocycles. The second-order valence-corrected chi connectivity index (χ2v) is 6.46. The normalized spacial score (nSPS) is 14.0. The third kappa shape index (κ3) is 3.86. The number of rotatable bonds is 4. The number of amidine groups is 1. The Morgan fingerprint density at radius 3 is 2.52 bits per heavy atom. The molecule has 1 heterocycles. The number of nitrogens with zero attached hydrogens (tertiary/aromatic N) is 2. The lowest BCUT2D eigenvalue weighted by Gasteiger charge is -2.20. The monoisotopic (exact) mass is 346 g/mol. The lowest BCUT2D eigenvalue weighted by Crippen LogP contribution is -2.25. The van der Waals surface area contributed by atoms with Crippen molar-refractivity contribution >= 4 is 40.2 Å². The van der Waals surface area contributed by atoms with Crippen molar-refractivity contribution in [3.63, 3.8) is 0 Å². The minimum Gasteiger partial charge on any atom is -0.478 e. The maximum absolute atomic E-state index is 10.9. The van der Waals surface area contributed by atoms with Gasteiger partial charge in [0.25, 0.3) is 0 Å². The zero-order chi connectivity index (χ0) is 16.2. The van der Waals surface area contributed by atoms with E-state index in [4.69, 9.17) is 16.7 Å². The molecular weight excluding hydrogens is 332 g/mol. The molecular formula is C17H15ClN2O2S. The predicted molar refractivity (Wildman–Crippen MR) is 95.8 cm³/mol. The molecule has 118 valence electrons. The van der Waals surface area contributed by atoms with E-state index in [2.05, 4.69) is 9.89 Å². The topological polar surface area (TPSA) is 52.9 Å². The Labute approximate surface area is 143 Å². The number of aliphatic imine (C=N–C) groups is 1. The van der Waals surface area contributed by atoms with E-state index < -0.39 is 5.97 Å². The molecule has 0 saturated carbocycles. The lowest BCUT2D eigenvalue weighted by atomic mass is 10.2. The molecule has 2 aromatic rings. The van der Waals surface area contributed by atoms with Gasteiger partial charge in [-0.3, -0.25) is 4.99 Å². The van der Waals surface area contributed by atoms with Gasteiger partial charge in [-0.05, 0) is 42.0 Å². The van der Waals surface area contributed by atoms with Crippen LogP contribution in [-0.4, -0.2) is 29.3 Å². The molecule has 0 amide bonds. The van der Waals surface area contributed by atoms with Gasteiger partial charge in [-0.25, -0.2) is 4.79 Å². The molecule has 1 aliphatic rings. The Morgan fingerprint density at radius 2 is 1.87 bits per heavy atom. The average Bonchev–Trinajstić information content (AvgIpc) is 3.03. The van der Waals surface area contributed by atoms with Gasteiger partial charge in [-0.1, -0.05) is 35.5 Å². The molecule has 0 aliphatic carbocycles. The van der Waals surface area contributed by atoms with E-state index in [9.17, 15) is 4.79 Å². The molecule has 0 bridgehead atoms. The number of aromatic carboxylic acids is 1. The van der Waals surface area contributed by atoms with Crippen LogP contribution in [0.25, 0.3) is 0 Å². The van der Waals surface area contributed by atoms with Crippen LogP contribution >= 0.6 is 23.4 Å². The first-order chi connectivity index (χ1) is 11.1. The highest BCUT2D eigenvalue weighted by Gasteiger charge is 2.19. The fraction of sp³-hybridized carbons (Fsp3) is 0.176. The lowest BCUT2D eigenvalue weighted by molar-refractivity contribution is 0.0697. The highest BCUT2D eigenvalue weighted by Crippen LogP contribution is 2.26. The first-order valence-electron chi connectivity index (χ1n) is 7.16.